The Morgan fingerprint density at radius 2 is 1.73 bits per heavy atom. The fourth-order valence-corrected chi connectivity index (χ4v) is 3.76. The first kappa shape index (κ1) is 21.9. The lowest BCUT2D eigenvalue weighted by Crippen LogP contribution is -2.30. The van der Waals surface area contributed by atoms with E-state index in [9.17, 15) is 23.5 Å². The molecule has 33 heavy (non-hydrogen) atoms. The van der Waals surface area contributed by atoms with Crippen LogP contribution >= 0.6 is 0 Å². The second-order valence-corrected chi connectivity index (χ2v) is 7.11. The monoisotopic (exact) mass is 452 g/mol. The number of rotatable bonds is 5. The van der Waals surface area contributed by atoms with Crippen molar-refractivity contribution in [3.8, 4) is 11.5 Å². The summed E-state index contributed by atoms with van der Waals surface area (Å²) in [6, 6.07) is 9.06. The zero-order chi connectivity index (χ0) is 23.7. The average molecular weight is 452 g/mol. The van der Waals surface area contributed by atoms with Crippen molar-refractivity contribution in [1.29, 1.82) is 0 Å². The zero-order valence-electron chi connectivity index (χ0n) is 17.6. The van der Waals surface area contributed by atoms with Crippen LogP contribution in [0.25, 0.3) is 5.76 Å². The van der Waals surface area contributed by atoms with E-state index in [0.29, 0.717) is 17.4 Å². The highest BCUT2D eigenvalue weighted by Crippen LogP contribution is 2.44. The number of hydrogen-bond acceptors (Lipinski definition) is 6. The van der Waals surface area contributed by atoms with Crippen molar-refractivity contribution in [1.82, 2.24) is 4.98 Å². The second-order valence-electron chi connectivity index (χ2n) is 7.11. The maximum atomic E-state index is 14.7. The minimum atomic E-state index is -1.19. The second kappa shape index (κ2) is 8.70. The van der Waals surface area contributed by atoms with Crippen molar-refractivity contribution < 1.29 is 33.0 Å². The van der Waals surface area contributed by atoms with Gasteiger partial charge in [0.1, 0.15) is 28.9 Å². The molecule has 1 aliphatic rings. The molecular formula is C24H18F2N2O5. The number of nitrogens with zero attached hydrogens (tertiary/aromatic N) is 2. The van der Waals surface area contributed by atoms with Gasteiger partial charge < -0.3 is 14.6 Å². The third kappa shape index (κ3) is 3.78. The lowest BCUT2D eigenvalue weighted by atomic mass is 9.95. The summed E-state index contributed by atoms with van der Waals surface area (Å²) in [6.45, 7) is 0. The van der Waals surface area contributed by atoms with E-state index < -0.39 is 35.1 Å². The fraction of sp³-hybridized carbons (Fsp3) is 0.125. The van der Waals surface area contributed by atoms with Crippen molar-refractivity contribution in [2.75, 3.05) is 19.1 Å². The number of ketones is 1. The smallest absolute Gasteiger partial charge is 0.300 e. The van der Waals surface area contributed by atoms with Gasteiger partial charge in [0.25, 0.3) is 11.7 Å². The molecule has 0 aliphatic carbocycles. The number of aromatic nitrogens is 1. The maximum Gasteiger partial charge on any atom is 0.300 e. The van der Waals surface area contributed by atoms with Gasteiger partial charge in [0.15, 0.2) is 0 Å². The van der Waals surface area contributed by atoms with Gasteiger partial charge in [-0.25, -0.2) is 8.78 Å². The van der Waals surface area contributed by atoms with Gasteiger partial charge in [0.05, 0.1) is 37.1 Å². The summed E-state index contributed by atoms with van der Waals surface area (Å²) in [7, 11) is 2.83. The summed E-state index contributed by atoms with van der Waals surface area (Å²) < 4.78 is 38.7. The van der Waals surface area contributed by atoms with Gasteiger partial charge in [0.2, 0.25) is 0 Å². The number of aliphatic hydroxyl groups excluding tert-OH is 1. The third-order valence-electron chi connectivity index (χ3n) is 5.30. The highest BCUT2D eigenvalue weighted by atomic mass is 19.1. The number of anilines is 1. The number of benzene rings is 2. The molecule has 1 N–H and O–H groups in total. The maximum absolute atomic E-state index is 14.7. The van der Waals surface area contributed by atoms with E-state index in [0.717, 1.165) is 17.0 Å². The summed E-state index contributed by atoms with van der Waals surface area (Å²) >= 11 is 0. The molecule has 0 bridgehead atoms. The quantitative estimate of drug-likeness (QED) is 0.358. The first-order valence-corrected chi connectivity index (χ1v) is 9.75. The predicted molar refractivity (Wildman–Crippen MR) is 115 cm³/mol. The van der Waals surface area contributed by atoms with Crippen molar-refractivity contribution in [2.45, 2.75) is 6.04 Å². The molecule has 1 unspecified atom stereocenters. The van der Waals surface area contributed by atoms with E-state index >= 15 is 0 Å². The number of hydrogen-bond donors (Lipinski definition) is 1. The number of Topliss-reactive ketones (excluding diaryl/α,β-unsaturated/α-hetero) is 1. The molecule has 1 amide bonds. The molecule has 1 aliphatic heterocycles. The average Bonchev–Trinajstić information content (AvgIpc) is 3.09. The summed E-state index contributed by atoms with van der Waals surface area (Å²) in [5, 5.41) is 11.2. The van der Waals surface area contributed by atoms with E-state index in [4.69, 9.17) is 9.47 Å². The zero-order valence-corrected chi connectivity index (χ0v) is 17.6. The standard InChI is InChI=1S/C24H18F2N2O5/c1-32-15-4-5-16(19(12-15)33-2)22(29)20-21(13-7-9-27-10-8-13)28(24(31)23(20)30)18-6-3-14(25)11-17(18)26/h3-12,21,29H,1-2H3/b22-20-. The van der Waals surface area contributed by atoms with E-state index in [2.05, 4.69) is 4.98 Å². The largest absolute Gasteiger partial charge is 0.507 e. The lowest BCUT2D eigenvalue weighted by molar-refractivity contribution is -0.132. The Hall–Kier alpha value is -4.27. The molecule has 1 fully saturated rings. The van der Waals surface area contributed by atoms with Gasteiger partial charge >= 0.3 is 0 Å². The SMILES string of the molecule is COc1ccc(/C(O)=C2/C(=O)C(=O)N(c3ccc(F)cc3F)C2c2ccncc2)c(OC)c1. The van der Waals surface area contributed by atoms with Crippen LogP contribution in [0.1, 0.15) is 17.2 Å². The molecule has 1 aromatic heterocycles. The molecule has 2 heterocycles. The minimum absolute atomic E-state index is 0.134. The van der Waals surface area contributed by atoms with Crippen LogP contribution in [0.4, 0.5) is 14.5 Å². The van der Waals surface area contributed by atoms with Crippen molar-refractivity contribution in [2.24, 2.45) is 0 Å². The Balaban J connectivity index is 1.97. The first-order chi connectivity index (χ1) is 15.9. The van der Waals surface area contributed by atoms with Crippen molar-refractivity contribution >= 4 is 23.1 Å². The van der Waals surface area contributed by atoms with Crippen LogP contribution in [0.5, 0.6) is 11.5 Å². The molecule has 9 heteroatoms. The van der Waals surface area contributed by atoms with Gasteiger partial charge in [-0.15, -0.1) is 0 Å². The van der Waals surface area contributed by atoms with Crippen molar-refractivity contribution in [3.05, 3.63) is 89.3 Å². The van der Waals surface area contributed by atoms with Gasteiger partial charge in [0, 0.05) is 24.5 Å². The van der Waals surface area contributed by atoms with Crippen LogP contribution in [0, 0.1) is 11.6 Å². The first-order valence-electron chi connectivity index (χ1n) is 9.75. The van der Waals surface area contributed by atoms with E-state index in [1.807, 2.05) is 0 Å². The molecule has 0 saturated carbocycles. The third-order valence-corrected chi connectivity index (χ3v) is 5.30. The topological polar surface area (TPSA) is 89.0 Å². The number of aliphatic hydroxyl groups is 1. The number of halogens is 2. The summed E-state index contributed by atoms with van der Waals surface area (Å²) in [6.07, 6.45) is 2.87. The Kier molecular flexibility index (Phi) is 5.78. The predicted octanol–water partition coefficient (Wildman–Crippen LogP) is 4.00. The molecule has 7 nitrogen and oxygen atoms in total. The highest BCUT2D eigenvalue weighted by Gasteiger charge is 2.48. The van der Waals surface area contributed by atoms with E-state index in [-0.39, 0.29) is 22.6 Å². The number of amides is 1. The molecule has 1 atom stereocenters. The normalized spacial score (nSPS) is 17.3. The van der Waals surface area contributed by atoms with Crippen LogP contribution in [0.3, 0.4) is 0 Å². The molecule has 4 rings (SSSR count). The molecular weight excluding hydrogens is 434 g/mol. The van der Waals surface area contributed by atoms with Crippen LogP contribution < -0.4 is 14.4 Å². The summed E-state index contributed by atoms with van der Waals surface area (Å²) in [5.74, 6) is -3.84. The number of pyridine rings is 1. The van der Waals surface area contributed by atoms with Crippen molar-refractivity contribution in [3.63, 3.8) is 0 Å². The molecule has 1 saturated heterocycles. The number of ether oxygens (including phenoxy) is 2. The lowest BCUT2D eigenvalue weighted by Gasteiger charge is -2.25. The Bertz CT molecular complexity index is 1280. The summed E-state index contributed by atoms with van der Waals surface area (Å²) in [4.78, 5) is 31.0. The van der Waals surface area contributed by atoms with E-state index in [1.54, 1.807) is 6.07 Å². The van der Waals surface area contributed by atoms with E-state index in [1.165, 1.54) is 50.9 Å². The van der Waals surface area contributed by atoms with Crippen LogP contribution in [-0.4, -0.2) is 36.0 Å². The summed E-state index contributed by atoms with van der Waals surface area (Å²) in [5.41, 5.74) is -0.0589. The van der Waals surface area contributed by atoms with Gasteiger partial charge in [-0.3, -0.25) is 19.5 Å². The van der Waals surface area contributed by atoms with Crippen LogP contribution in [0.2, 0.25) is 0 Å². The fourth-order valence-electron chi connectivity index (χ4n) is 3.76. The Labute approximate surface area is 187 Å². The molecule has 2 aromatic carbocycles. The number of carbonyl (C=O) groups excluding carboxylic acids is 2. The van der Waals surface area contributed by atoms with Gasteiger partial charge in [-0.2, -0.15) is 0 Å². The van der Waals surface area contributed by atoms with Gasteiger partial charge in [-0.1, -0.05) is 0 Å². The number of methoxy groups -OCH3 is 2. The highest BCUT2D eigenvalue weighted by molar-refractivity contribution is 6.51. The molecule has 3 aromatic rings. The number of carbonyl (C=O) groups is 2. The van der Waals surface area contributed by atoms with Gasteiger partial charge in [-0.05, 0) is 42.0 Å². The van der Waals surface area contributed by atoms with Crippen LogP contribution in [-0.2, 0) is 9.59 Å². The Morgan fingerprint density at radius 1 is 1.00 bits per heavy atom. The molecule has 0 spiro atoms. The molecule has 0 radical (unpaired) electrons. The Morgan fingerprint density at radius 3 is 2.36 bits per heavy atom. The minimum Gasteiger partial charge on any atom is -0.507 e. The van der Waals surface area contributed by atoms with Crippen LogP contribution in [0.15, 0.2) is 66.5 Å². The molecule has 168 valence electrons.